The summed E-state index contributed by atoms with van der Waals surface area (Å²) in [6.07, 6.45) is -1.98. The van der Waals surface area contributed by atoms with Crippen molar-refractivity contribution >= 4 is 11.9 Å². The van der Waals surface area contributed by atoms with Crippen molar-refractivity contribution in [1.82, 2.24) is 5.32 Å². The predicted molar refractivity (Wildman–Crippen MR) is 74.4 cm³/mol. The van der Waals surface area contributed by atoms with Gasteiger partial charge >= 0.3 is 5.97 Å². The summed E-state index contributed by atoms with van der Waals surface area (Å²) >= 11 is 0. The minimum atomic E-state index is -2.65. The zero-order valence-corrected chi connectivity index (χ0v) is 12.0. The van der Waals surface area contributed by atoms with Gasteiger partial charge in [0.15, 0.2) is 0 Å². The highest BCUT2D eigenvalue weighted by Crippen LogP contribution is 2.22. The molecule has 6 heteroatoms. The van der Waals surface area contributed by atoms with Crippen LogP contribution >= 0.6 is 0 Å². The van der Waals surface area contributed by atoms with Crippen LogP contribution in [-0.4, -0.2) is 22.5 Å². The highest BCUT2D eigenvalue weighted by atomic mass is 19.3. The van der Waals surface area contributed by atoms with Crippen LogP contribution in [0.2, 0.25) is 0 Å². The van der Waals surface area contributed by atoms with E-state index in [-0.39, 0.29) is 17.5 Å². The molecule has 0 radical (unpaired) electrons. The maximum Gasteiger partial charge on any atom is 0.305 e. The Balaban J connectivity index is 2.96. The van der Waals surface area contributed by atoms with E-state index in [9.17, 15) is 18.4 Å². The van der Waals surface area contributed by atoms with Gasteiger partial charge in [0.1, 0.15) is 0 Å². The molecule has 0 heterocycles. The van der Waals surface area contributed by atoms with E-state index >= 15 is 0 Å². The highest BCUT2D eigenvalue weighted by Gasteiger charge is 2.31. The lowest BCUT2D eigenvalue weighted by molar-refractivity contribution is -0.138. The molecule has 2 N–H and O–H groups in total. The number of hydrogen-bond acceptors (Lipinski definition) is 2. The van der Waals surface area contributed by atoms with E-state index < -0.39 is 23.8 Å². The van der Waals surface area contributed by atoms with Crippen molar-refractivity contribution in [3.05, 3.63) is 35.4 Å². The Hall–Kier alpha value is -1.98. The van der Waals surface area contributed by atoms with E-state index in [4.69, 9.17) is 5.11 Å². The zero-order valence-electron chi connectivity index (χ0n) is 12.0. The van der Waals surface area contributed by atoms with Crippen LogP contribution in [-0.2, 0) is 4.79 Å². The third kappa shape index (κ3) is 4.51. The number of benzene rings is 1. The molecule has 116 valence electrons. The Morgan fingerprint density at radius 3 is 2.38 bits per heavy atom. The Morgan fingerprint density at radius 1 is 1.29 bits per heavy atom. The predicted octanol–water partition coefficient (Wildman–Crippen LogP) is 3.39. The maximum absolute atomic E-state index is 12.6. The van der Waals surface area contributed by atoms with Gasteiger partial charge in [-0.3, -0.25) is 9.59 Å². The first kappa shape index (κ1) is 17.1. The average molecular weight is 299 g/mol. The Morgan fingerprint density at radius 2 is 1.90 bits per heavy atom. The van der Waals surface area contributed by atoms with Gasteiger partial charge in [-0.1, -0.05) is 26.0 Å². The summed E-state index contributed by atoms with van der Waals surface area (Å²) in [5, 5.41) is 11.6. The Kier molecular flexibility index (Phi) is 5.81. The number of carbonyl (C=O) groups is 2. The monoisotopic (exact) mass is 299 g/mol. The largest absolute Gasteiger partial charge is 0.481 e. The molecule has 1 aromatic carbocycles. The van der Waals surface area contributed by atoms with E-state index in [1.165, 1.54) is 18.2 Å². The molecule has 0 aliphatic heterocycles. The molecule has 0 aliphatic carbocycles. The third-order valence-corrected chi connectivity index (χ3v) is 3.62. The van der Waals surface area contributed by atoms with Crippen LogP contribution < -0.4 is 5.32 Å². The van der Waals surface area contributed by atoms with Crippen molar-refractivity contribution in [3.8, 4) is 0 Å². The van der Waals surface area contributed by atoms with Gasteiger partial charge in [0, 0.05) is 11.1 Å². The van der Waals surface area contributed by atoms with Crippen molar-refractivity contribution in [2.75, 3.05) is 0 Å². The number of nitrogens with one attached hydrogen (secondary N) is 1. The van der Waals surface area contributed by atoms with E-state index in [0.717, 1.165) is 6.07 Å². The van der Waals surface area contributed by atoms with Crippen molar-refractivity contribution in [1.29, 1.82) is 0 Å². The highest BCUT2D eigenvalue weighted by molar-refractivity contribution is 5.95. The first-order chi connectivity index (χ1) is 9.83. The van der Waals surface area contributed by atoms with Gasteiger partial charge in [0.25, 0.3) is 12.3 Å². The molecule has 4 nitrogen and oxygen atoms in total. The molecule has 0 atom stereocenters. The summed E-state index contributed by atoms with van der Waals surface area (Å²) in [7, 11) is 0. The summed E-state index contributed by atoms with van der Waals surface area (Å²) in [6.45, 7) is 3.56. The van der Waals surface area contributed by atoms with E-state index in [2.05, 4.69) is 5.32 Å². The Labute approximate surface area is 122 Å². The molecule has 1 aromatic rings. The molecule has 0 aromatic heterocycles. The minimum absolute atomic E-state index is 0.101. The molecule has 0 saturated carbocycles. The average Bonchev–Trinajstić information content (AvgIpc) is 2.46. The van der Waals surface area contributed by atoms with Crippen LogP contribution in [0.1, 0.15) is 55.5 Å². The quantitative estimate of drug-likeness (QED) is 0.811. The molecule has 0 unspecified atom stereocenters. The molecular formula is C15H19F2NO3. The van der Waals surface area contributed by atoms with E-state index in [0.29, 0.717) is 12.8 Å². The number of carboxylic acid groups (broad SMARTS) is 1. The van der Waals surface area contributed by atoms with Gasteiger partial charge in [-0.15, -0.1) is 0 Å². The van der Waals surface area contributed by atoms with Crippen LogP contribution in [0.25, 0.3) is 0 Å². The van der Waals surface area contributed by atoms with Gasteiger partial charge in [-0.25, -0.2) is 8.78 Å². The molecule has 1 amide bonds. The SMILES string of the molecule is CCC(CC)(CC(=O)O)NC(=O)c1cccc(C(F)F)c1. The molecule has 0 fully saturated rings. The second-order valence-corrected chi connectivity index (χ2v) is 4.94. The van der Waals surface area contributed by atoms with E-state index in [1.54, 1.807) is 13.8 Å². The molecule has 0 bridgehead atoms. The first-order valence-corrected chi connectivity index (χ1v) is 6.76. The standard InChI is InChI=1S/C15H19F2NO3/c1-3-15(4-2,9-12(19)20)18-14(21)11-7-5-6-10(8-11)13(16)17/h5-8,13H,3-4,9H2,1-2H3,(H,18,21)(H,19,20). The van der Waals surface area contributed by atoms with Gasteiger partial charge in [0.05, 0.1) is 12.0 Å². The number of halogens is 2. The fourth-order valence-electron chi connectivity index (χ4n) is 2.14. The lowest BCUT2D eigenvalue weighted by Crippen LogP contribution is -2.49. The van der Waals surface area contributed by atoms with E-state index in [1.807, 2.05) is 0 Å². The molecule has 1 rings (SSSR count). The number of carboxylic acids is 1. The third-order valence-electron chi connectivity index (χ3n) is 3.62. The molecule has 0 saturated heterocycles. The number of aliphatic carboxylic acids is 1. The molecule has 0 aliphatic rings. The summed E-state index contributed by atoms with van der Waals surface area (Å²) in [4.78, 5) is 23.1. The number of rotatable bonds is 7. The van der Waals surface area contributed by atoms with Crippen LogP contribution in [0.5, 0.6) is 0 Å². The van der Waals surface area contributed by atoms with Crippen LogP contribution in [0, 0.1) is 0 Å². The zero-order chi connectivity index (χ0) is 16.0. The first-order valence-electron chi connectivity index (χ1n) is 6.76. The van der Waals surface area contributed by atoms with Crippen LogP contribution in [0.4, 0.5) is 8.78 Å². The summed E-state index contributed by atoms with van der Waals surface area (Å²) < 4.78 is 25.3. The Bertz CT molecular complexity index is 513. The number of carbonyl (C=O) groups excluding carboxylic acids is 1. The van der Waals surface area contributed by atoms with Crippen LogP contribution in [0.15, 0.2) is 24.3 Å². The molecule has 0 spiro atoms. The smallest absolute Gasteiger partial charge is 0.305 e. The van der Waals surface area contributed by atoms with Crippen LogP contribution in [0.3, 0.4) is 0 Å². The minimum Gasteiger partial charge on any atom is -0.481 e. The number of amides is 1. The fraction of sp³-hybridized carbons (Fsp3) is 0.467. The lowest BCUT2D eigenvalue weighted by Gasteiger charge is -2.31. The second kappa shape index (κ2) is 7.15. The normalized spacial score (nSPS) is 11.5. The number of alkyl halides is 2. The maximum atomic E-state index is 12.6. The molecular weight excluding hydrogens is 280 g/mol. The summed E-state index contributed by atoms with van der Waals surface area (Å²) in [5.41, 5.74) is -1.01. The van der Waals surface area contributed by atoms with Gasteiger partial charge in [-0.2, -0.15) is 0 Å². The second-order valence-electron chi connectivity index (χ2n) is 4.94. The molecule has 21 heavy (non-hydrogen) atoms. The topological polar surface area (TPSA) is 66.4 Å². The van der Waals surface area contributed by atoms with Crippen molar-refractivity contribution in [2.45, 2.75) is 45.1 Å². The van der Waals surface area contributed by atoms with Crippen molar-refractivity contribution < 1.29 is 23.5 Å². The van der Waals surface area contributed by atoms with Gasteiger partial charge in [0.2, 0.25) is 0 Å². The van der Waals surface area contributed by atoms with Crippen molar-refractivity contribution in [3.63, 3.8) is 0 Å². The van der Waals surface area contributed by atoms with Gasteiger partial charge in [-0.05, 0) is 25.0 Å². The fourth-order valence-corrected chi connectivity index (χ4v) is 2.14. The summed E-state index contributed by atoms with van der Waals surface area (Å²) in [5.74, 6) is -1.55. The lowest BCUT2D eigenvalue weighted by atomic mass is 9.88. The van der Waals surface area contributed by atoms with Crippen molar-refractivity contribution in [2.24, 2.45) is 0 Å². The number of hydrogen-bond donors (Lipinski definition) is 2. The summed E-state index contributed by atoms with van der Waals surface area (Å²) in [6, 6.07) is 5.17. The van der Waals surface area contributed by atoms with Gasteiger partial charge < -0.3 is 10.4 Å².